The molecule has 0 saturated heterocycles. The number of carbonyl (C=O) groups excluding carboxylic acids is 1. The molecule has 2 heterocycles. The molecule has 3 aromatic carbocycles. The number of benzene rings is 3. The summed E-state index contributed by atoms with van der Waals surface area (Å²) in [6, 6.07) is 17.2. The van der Waals surface area contributed by atoms with Crippen molar-refractivity contribution in [3.8, 4) is 0 Å². The maximum absolute atomic E-state index is 12.9. The Morgan fingerprint density at radius 3 is 2.56 bits per heavy atom. The van der Waals surface area contributed by atoms with Crippen molar-refractivity contribution < 1.29 is 4.79 Å². The molecule has 0 bridgehead atoms. The van der Waals surface area contributed by atoms with E-state index in [-0.39, 0.29) is 11.5 Å². The van der Waals surface area contributed by atoms with Crippen molar-refractivity contribution in [1.82, 2.24) is 19.9 Å². The van der Waals surface area contributed by atoms with Gasteiger partial charge in [0.25, 0.3) is 11.5 Å². The second-order valence-corrected chi connectivity index (χ2v) is 9.66. The molecule has 1 amide bonds. The summed E-state index contributed by atoms with van der Waals surface area (Å²) in [5, 5.41) is 4.75. The minimum atomic E-state index is -0.132. The third-order valence-corrected chi connectivity index (χ3v) is 6.93. The highest BCUT2D eigenvalue weighted by atomic mass is 35.5. The fraction of sp³-hybridized carbons (Fsp3) is 0.207. The highest BCUT2D eigenvalue weighted by molar-refractivity contribution is 6.31. The Morgan fingerprint density at radius 1 is 1.03 bits per heavy atom. The predicted octanol–water partition coefficient (Wildman–Crippen LogP) is 5.48. The van der Waals surface area contributed by atoms with Crippen LogP contribution in [-0.4, -0.2) is 27.0 Å². The number of H-pyrrole nitrogens is 1. The van der Waals surface area contributed by atoms with Crippen LogP contribution in [0.2, 0.25) is 5.02 Å². The van der Waals surface area contributed by atoms with Crippen LogP contribution >= 0.6 is 11.6 Å². The van der Waals surface area contributed by atoms with E-state index in [0.717, 1.165) is 44.2 Å². The lowest BCUT2D eigenvalue weighted by Gasteiger charge is -2.13. The Hall–Kier alpha value is -3.90. The Morgan fingerprint density at radius 2 is 1.78 bits per heavy atom. The Kier molecular flexibility index (Phi) is 6.37. The number of aromatic nitrogens is 3. The van der Waals surface area contributed by atoms with Crippen LogP contribution in [0.3, 0.4) is 0 Å². The molecule has 0 unspecified atom stereocenters. The van der Waals surface area contributed by atoms with E-state index in [1.807, 2.05) is 62.5 Å². The molecule has 0 saturated carbocycles. The van der Waals surface area contributed by atoms with E-state index in [2.05, 4.69) is 15.3 Å². The van der Waals surface area contributed by atoms with Crippen LogP contribution in [0, 0.1) is 20.8 Å². The minimum Gasteiger partial charge on any atom is -0.361 e. The van der Waals surface area contributed by atoms with Gasteiger partial charge in [0, 0.05) is 34.2 Å². The fourth-order valence-corrected chi connectivity index (χ4v) is 4.67. The highest BCUT2D eigenvalue weighted by Crippen LogP contribution is 2.23. The number of nitrogens with zero attached hydrogens (tertiary/aromatic N) is 2. The lowest BCUT2D eigenvalue weighted by Crippen LogP contribution is -2.26. The number of aryl methyl sites for hydroxylation is 3. The van der Waals surface area contributed by atoms with Crippen LogP contribution in [0.4, 0.5) is 0 Å². The first-order valence-corrected chi connectivity index (χ1v) is 12.3. The first-order valence-electron chi connectivity index (χ1n) is 11.9. The molecule has 0 aliphatic heterocycles. The summed E-state index contributed by atoms with van der Waals surface area (Å²) in [6.07, 6.45) is 2.65. The number of amides is 1. The zero-order chi connectivity index (χ0) is 25.4. The number of fused-ring (bicyclic) bond motifs is 2. The third-order valence-electron chi connectivity index (χ3n) is 6.69. The summed E-state index contributed by atoms with van der Waals surface area (Å²) in [5.41, 5.74) is 7.90. The van der Waals surface area contributed by atoms with Crippen molar-refractivity contribution in [3.63, 3.8) is 0 Å². The number of nitrogens with one attached hydrogen (secondary N) is 2. The summed E-state index contributed by atoms with van der Waals surface area (Å²) in [6.45, 7) is 6.74. The lowest BCUT2D eigenvalue weighted by molar-refractivity contribution is 0.0954. The number of aromatic amines is 1. The fourth-order valence-electron chi connectivity index (χ4n) is 4.50. The summed E-state index contributed by atoms with van der Waals surface area (Å²) in [7, 11) is 0. The minimum absolute atomic E-state index is 0.105. The van der Waals surface area contributed by atoms with Crippen molar-refractivity contribution >= 4 is 39.4 Å². The Balaban J connectivity index is 1.28. The average molecular weight is 499 g/mol. The molecule has 0 aliphatic rings. The van der Waals surface area contributed by atoms with E-state index in [9.17, 15) is 9.59 Å². The average Bonchev–Trinajstić information content (AvgIpc) is 3.25. The maximum atomic E-state index is 12.9. The van der Waals surface area contributed by atoms with E-state index in [1.54, 1.807) is 23.6 Å². The molecule has 5 rings (SSSR count). The van der Waals surface area contributed by atoms with Gasteiger partial charge in [0.15, 0.2) is 0 Å². The first kappa shape index (κ1) is 23.8. The number of hydrogen-bond donors (Lipinski definition) is 2. The molecule has 0 spiro atoms. The second kappa shape index (κ2) is 9.63. The zero-order valence-corrected chi connectivity index (χ0v) is 21.2. The maximum Gasteiger partial charge on any atom is 0.272 e. The molecule has 0 atom stereocenters. The highest BCUT2D eigenvalue weighted by Gasteiger charge is 2.12. The molecular weight excluding hydrogens is 472 g/mol. The van der Waals surface area contributed by atoms with Crippen LogP contribution in [0.1, 0.15) is 38.3 Å². The molecule has 2 aromatic heterocycles. The number of carbonyl (C=O) groups is 1. The van der Waals surface area contributed by atoms with Crippen LogP contribution in [0.15, 0.2) is 65.6 Å². The molecule has 0 fully saturated rings. The van der Waals surface area contributed by atoms with E-state index >= 15 is 0 Å². The summed E-state index contributed by atoms with van der Waals surface area (Å²) >= 11 is 6.13. The summed E-state index contributed by atoms with van der Waals surface area (Å²) in [4.78, 5) is 33.3. The summed E-state index contributed by atoms with van der Waals surface area (Å²) in [5.74, 6) is -0.132. The van der Waals surface area contributed by atoms with Gasteiger partial charge in [-0.1, -0.05) is 23.7 Å². The molecule has 0 aliphatic carbocycles. The summed E-state index contributed by atoms with van der Waals surface area (Å²) < 4.78 is 1.76. The van der Waals surface area contributed by atoms with Crippen molar-refractivity contribution in [3.05, 3.63) is 110 Å². The van der Waals surface area contributed by atoms with Crippen molar-refractivity contribution in [2.24, 2.45) is 0 Å². The van der Waals surface area contributed by atoms with E-state index in [4.69, 9.17) is 11.6 Å². The van der Waals surface area contributed by atoms with Crippen LogP contribution in [0.25, 0.3) is 21.9 Å². The van der Waals surface area contributed by atoms with Crippen LogP contribution < -0.4 is 10.9 Å². The van der Waals surface area contributed by atoms with Gasteiger partial charge in [-0.25, -0.2) is 4.98 Å². The Bertz CT molecular complexity index is 1670. The first-order chi connectivity index (χ1) is 17.3. The molecule has 7 heteroatoms. The Labute approximate surface area is 213 Å². The van der Waals surface area contributed by atoms with Crippen molar-refractivity contribution in [2.45, 2.75) is 33.7 Å². The molecule has 182 valence electrons. The van der Waals surface area contributed by atoms with Gasteiger partial charge in [0.1, 0.15) is 5.69 Å². The van der Waals surface area contributed by atoms with Crippen LogP contribution in [-0.2, 0) is 13.0 Å². The molecule has 36 heavy (non-hydrogen) atoms. The van der Waals surface area contributed by atoms with Gasteiger partial charge in [-0.3, -0.25) is 9.59 Å². The predicted molar refractivity (Wildman–Crippen MR) is 145 cm³/mol. The standard InChI is InChI=1S/C29H27ClN4O2/c1-17-12-26-27(13-18(17)2)34(29(36)19(3)33-26)16-20-4-6-21(7-5-20)28(35)31-11-10-22-15-32-25-9-8-23(30)14-24(22)25/h4-9,12-15,32H,10-11,16H2,1-3H3,(H,31,35). The molecule has 5 aromatic rings. The molecular formula is C29H27ClN4O2. The normalized spacial score (nSPS) is 11.3. The monoisotopic (exact) mass is 498 g/mol. The second-order valence-electron chi connectivity index (χ2n) is 9.22. The smallest absolute Gasteiger partial charge is 0.272 e. The van der Waals surface area contributed by atoms with Gasteiger partial charge in [-0.05, 0) is 91.9 Å². The van der Waals surface area contributed by atoms with Gasteiger partial charge in [-0.15, -0.1) is 0 Å². The number of rotatable bonds is 6. The molecule has 6 nitrogen and oxygen atoms in total. The lowest BCUT2D eigenvalue weighted by atomic mass is 10.1. The quantitative estimate of drug-likeness (QED) is 0.325. The van der Waals surface area contributed by atoms with E-state index in [1.165, 1.54) is 0 Å². The van der Waals surface area contributed by atoms with Crippen LogP contribution in [0.5, 0.6) is 0 Å². The van der Waals surface area contributed by atoms with Gasteiger partial charge in [0.05, 0.1) is 17.6 Å². The largest absolute Gasteiger partial charge is 0.361 e. The van der Waals surface area contributed by atoms with Gasteiger partial charge >= 0.3 is 0 Å². The van der Waals surface area contributed by atoms with Crippen molar-refractivity contribution in [1.29, 1.82) is 0 Å². The van der Waals surface area contributed by atoms with Gasteiger partial charge in [0.2, 0.25) is 0 Å². The van der Waals surface area contributed by atoms with Gasteiger partial charge < -0.3 is 14.9 Å². The number of halogens is 1. The van der Waals surface area contributed by atoms with E-state index in [0.29, 0.717) is 35.8 Å². The van der Waals surface area contributed by atoms with Gasteiger partial charge in [-0.2, -0.15) is 0 Å². The molecule has 2 N–H and O–H groups in total. The molecule has 0 radical (unpaired) electrons. The third kappa shape index (κ3) is 4.64. The topological polar surface area (TPSA) is 79.8 Å². The zero-order valence-electron chi connectivity index (χ0n) is 20.5. The SMILES string of the molecule is Cc1cc2nc(C)c(=O)n(Cc3ccc(C(=O)NCCc4c[nH]c5ccc(Cl)cc45)cc3)c2cc1C. The van der Waals surface area contributed by atoms with Crippen molar-refractivity contribution in [2.75, 3.05) is 6.54 Å². The van der Waals surface area contributed by atoms with E-state index < -0.39 is 0 Å². The number of hydrogen-bond acceptors (Lipinski definition) is 3.